The molecule has 0 aromatic rings. The zero-order chi connectivity index (χ0) is 13.5. The van der Waals surface area contributed by atoms with Crippen LogP contribution in [0, 0.1) is 0 Å². The highest BCUT2D eigenvalue weighted by atomic mass is 16.5. The Labute approximate surface area is 119 Å². The first-order valence-corrected chi connectivity index (χ1v) is 8.36. The second-order valence-electron chi connectivity index (χ2n) is 6.34. The first-order valence-electron chi connectivity index (χ1n) is 8.36. The van der Waals surface area contributed by atoms with Crippen molar-refractivity contribution in [3.05, 3.63) is 0 Å². The maximum atomic E-state index is 5.80. The van der Waals surface area contributed by atoms with Gasteiger partial charge < -0.3 is 10.1 Å². The van der Waals surface area contributed by atoms with E-state index in [0.29, 0.717) is 18.2 Å². The molecule has 3 nitrogen and oxygen atoms in total. The number of rotatable bonds is 6. The molecule has 0 bridgehead atoms. The maximum absolute atomic E-state index is 5.80. The van der Waals surface area contributed by atoms with Crippen LogP contribution in [0.4, 0.5) is 0 Å². The quantitative estimate of drug-likeness (QED) is 0.750. The largest absolute Gasteiger partial charge is 0.377 e. The summed E-state index contributed by atoms with van der Waals surface area (Å²) in [4.78, 5) is 2.58. The highest BCUT2D eigenvalue weighted by molar-refractivity contribution is 4.87. The maximum Gasteiger partial charge on any atom is 0.0702 e. The van der Waals surface area contributed by atoms with Crippen molar-refractivity contribution in [3.63, 3.8) is 0 Å². The molecule has 1 saturated carbocycles. The Bertz CT molecular complexity index is 241. The van der Waals surface area contributed by atoms with Crippen LogP contribution in [0.3, 0.4) is 0 Å². The van der Waals surface area contributed by atoms with Crippen LogP contribution in [0.2, 0.25) is 0 Å². The van der Waals surface area contributed by atoms with Gasteiger partial charge in [0.1, 0.15) is 0 Å². The highest BCUT2D eigenvalue weighted by Crippen LogP contribution is 2.23. The Balaban J connectivity index is 1.87. The van der Waals surface area contributed by atoms with E-state index in [1.54, 1.807) is 0 Å². The van der Waals surface area contributed by atoms with Crippen molar-refractivity contribution in [2.45, 2.75) is 76.5 Å². The Morgan fingerprint density at radius 1 is 1.11 bits per heavy atom. The van der Waals surface area contributed by atoms with E-state index >= 15 is 0 Å². The molecule has 1 saturated heterocycles. The van der Waals surface area contributed by atoms with Crippen LogP contribution in [-0.4, -0.2) is 49.8 Å². The Kier molecular flexibility index (Phi) is 6.62. The van der Waals surface area contributed by atoms with Gasteiger partial charge >= 0.3 is 0 Å². The van der Waals surface area contributed by atoms with Crippen molar-refractivity contribution in [3.8, 4) is 0 Å². The second kappa shape index (κ2) is 8.23. The predicted octanol–water partition coefficient (Wildman–Crippen LogP) is 2.80. The van der Waals surface area contributed by atoms with E-state index in [9.17, 15) is 0 Å². The molecule has 3 atom stereocenters. The van der Waals surface area contributed by atoms with E-state index < -0.39 is 0 Å². The van der Waals surface area contributed by atoms with Gasteiger partial charge in [0.2, 0.25) is 0 Å². The molecule has 2 rings (SSSR count). The van der Waals surface area contributed by atoms with Crippen LogP contribution in [0.1, 0.15) is 58.3 Å². The molecule has 1 aliphatic heterocycles. The van der Waals surface area contributed by atoms with Crippen molar-refractivity contribution in [1.29, 1.82) is 0 Å². The van der Waals surface area contributed by atoms with Crippen LogP contribution in [0.25, 0.3) is 0 Å². The molecule has 19 heavy (non-hydrogen) atoms. The molecule has 0 aromatic heterocycles. The molecule has 112 valence electrons. The Morgan fingerprint density at radius 3 is 2.68 bits per heavy atom. The van der Waals surface area contributed by atoms with Crippen molar-refractivity contribution >= 4 is 0 Å². The van der Waals surface area contributed by atoms with Gasteiger partial charge in [0.25, 0.3) is 0 Å². The minimum absolute atomic E-state index is 0.486. The third-order valence-corrected chi connectivity index (χ3v) is 4.72. The standard InChI is InChI=1S/C16H32N2O/c1-3-11-17-15-9-5-4-6-10-16(15)18(2)13-14-8-7-12-19-14/h14-17H,3-13H2,1-2H3. The van der Waals surface area contributed by atoms with Crippen LogP contribution < -0.4 is 5.32 Å². The van der Waals surface area contributed by atoms with Crippen molar-refractivity contribution in [1.82, 2.24) is 10.2 Å². The first kappa shape index (κ1) is 15.3. The summed E-state index contributed by atoms with van der Waals surface area (Å²) in [6.45, 7) is 5.51. The van der Waals surface area contributed by atoms with Gasteiger partial charge in [-0.3, -0.25) is 4.90 Å². The molecular formula is C16H32N2O. The van der Waals surface area contributed by atoms with E-state index in [0.717, 1.165) is 19.7 Å². The van der Waals surface area contributed by atoms with Crippen LogP contribution >= 0.6 is 0 Å². The topological polar surface area (TPSA) is 24.5 Å². The lowest BCUT2D eigenvalue weighted by Crippen LogP contribution is -2.50. The summed E-state index contributed by atoms with van der Waals surface area (Å²) in [7, 11) is 2.30. The van der Waals surface area contributed by atoms with Gasteiger partial charge in [0.05, 0.1) is 6.10 Å². The zero-order valence-corrected chi connectivity index (χ0v) is 12.9. The number of ether oxygens (including phenoxy) is 1. The van der Waals surface area contributed by atoms with E-state index in [1.165, 1.54) is 51.4 Å². The molecule has 3 unspecified atom stereocenters. The fraction of sp³-hybridized carbons (Fsp3) is 1.00. The van der Waals surface area contributed by atoms with Crippen LogP contribution in [-0.2, 0) is 4.74 Å². The molecule has 3 heteroatoms. The molecule has 0 spiro atoms. The molecule has 0 amide bonds. The van der Waals surface area contributed by atoms with E-state index in [4.69, 9.17) is 4.74 Å². The van der Waals surface area contributed by atoms with Crippen molar-refractivity contribution < 1.29 is 4.74 Å². The number of hydrogen-bond acceptors (Lipinski definition) is 3. The fourth-order valence-corrected chi connectivity index (χ4v) is 3.63. The number of hydrogen-bond donors (Lipinski definition) is 1. The molecular weight excluding hydrogens is 236 g/mol. The first-order chi connectivity index (χ1) is 9.31. The summed E-state index contributed by atoms with van der Waals surface area (Å²) in [6.07, 6.45) is 11.1. The van der Waals surface area contributed by atoms with E-state index in [2.05, 4.69) is 24.2 Å². The third-order valence-electron chi connectivity index (χ3n) is 4.72. The molecule has 2 fully saturated rings. The van der Waals surface area contributed by atoms with Gasteiger partial charge in [-0.15, -0.1) is 0 Å². The van der Waals surface area contributed by atoms with Crippen LogP contribution in [0.5, 0.6) is 0 Å². The smallest absolute Gasteiger partial charge is 0.0702 e. The average Bonchev–Trinajstić information content (AvgIpc) is 2.79. The molecule has 1 N–H and O–H groups in total. The normalized spacial score (nSPS) is 32.7. The SMILES string of the molecule is CCCNC1CCCCCC1N(C)CC1CCCO1. The monoisotopic (exact) mass is 268 g/mol. The van der Waals surface area contributed by atoms with Crippen molar-refractivity contribution in [2.24, 2.45) is 0 Å². The molecule has 0 radical (unpaired) electrons. The van der Waals surface area contributed by atoms with Gasteiger partial charge in [-0.25, -0.2) is 0 Å². The third kappa shape index (κ3) is 4.73. The zero-order valence-electron chi connectivity index (χ0n) is 12.9. The number of nitrogens with zero attached hydrogens (tertiary/aromatic N) is 1. The minimum atomic E-state index is 0.486. The number of nitrogens with one attached hydrogen (secondary N) is 1. The van der Waals surface area contributed by atoms with Crippen LogP contribution in [0.15, 0.2) is 0 Å². The number of likely N-dealkylation sites (N-methyl/N-ethyl adjacent to an activating group) is 1. The van der Waals surface area contributed by atoms with E-state index in [-0.39, 0.29) is 0 Å². The summed E-state index contributed by atoms with van der Waals surface area (Å²) in [6, 6.07) is 1.40. The second-order valence-corrected chi connectivity index (χ2v) is 6.34. The van der Waals surface area contributed by atoms with Gasteiger partial charge in [-0.1, -0.05) is 26.2 Å². The lowest BCUT2D eigenvalue weighted by Gasteiger charge is -2.35. The predicted molar refractivity (Wildman–Crippen MR) is 80.6 cm³/mol. The van der Waals surface area contributed by atoms with Gasteiger partial charge in [0.15, 0.2) is 0 Å². The fourth-order valence-electron chi connectivity index (χ4n) is 3.63. The lowest BCUT2D eigenvalue weighted by atomic mass is 10.0. The summed E-state index contributed by atoms with van der Waals surface area (Å²) < 4.78 is 5.80. The molecule has 1 aliphatic carbocycles. The molecule has 0 aromatic carbocycles. The van der Waals surface area contributed by atoms with Gasteiger partial charge in [0, 0.05) is 25.2 Å². The Hall–Kier alpha value is -0.120. The average molecular weight is 268 g/mol. The van der Waals surface area contributed by atoms with Gasteiger partial charge in [-0.2, -0.15) is 0 Å². The molecule has 2 aliphatic rings. The lowest BCUT2D eigenvalue weighted by molar-refractivity contribution is 0.0590. The minimum Gasteiger partial charge on any atom is -0.377 e. The summed E-state index contributed by atoms with van der Waals surface area (Å²) in [5.41, 5.74) is 0. The van der Waals surface area contributed by atoms with Crippen molar-refractivity contribution in [2.75, 3.05) is 26.7 Å². The Morgan fingerprint density at radius 2 is 1.95 bits per heavy atom. The highest BCUT2D eigenvalue weighted by Gasteiger charge is 2.28. The summed E-state index contributed by atoms with van der Waals surface area (Å²) in [5, 5.41) is 3.78. The summed E-state index contributed by atoms with van der Waals surface area (Å²) in [5.74, 6) is 0. The summed E-state index contributed by atoms with van der Waals surface area (Å²) >= 11 is 0. The van der Waals surface area contributed by atoms with Gasteiger partial charge in [-0.05, 0) is 45.7 Å². The van der Waals surface area contributed by atoms with E-state index in [1.807, 2.05) is 0 Å². The molecule has 1 heterocycles.